The number of carbonyl (C=O) groups is 4. The van der Waals surface area contributed by atoms with Crippen molar-refractivity contribution >= 4 is 40.6 Å². The number of rotatable bonds is 13. The summed E-state index contributed by atoms with van der Waals surface area (Å²) in [5.41, 5.74) is 0.913. The fraction of sp³-hybridized carbons (Fsp3) is 0.486. The highest BCUT2D eigenvalue weighted by molar-refractivity contribution is 5.96. The van der Waals surface area contributed by atoms with Crippen molar-refractivity contribution in [1.82, 2.24) is 19.4 Å². The highest BCUT2D eigenvalue weighted by Gasteiger charge is 2.26. The Labute approximate surface area is 292 Å². The normalized spacial score (nSPS) is 13.9. The van der Waals surface area contributed by atoms with Crippen molar-refractivity contribution < 1.29 is 33.8 Å². The summed E-state index contributed by atoms with van der Waals surface area (Å²) in [4.78, 5) is 67.3. The number of hydrogen-bond donors (Lipinski definition) is 3. The third kappa shape index (κ3) is 10.3. The molecule has 1 aliphatic rings. The molecule has 1 fully saturated rings. The van der Waals surface area contributed by atoms with Gasteiger partial charge in [0.15, 0.2) is 0 Å². The average molecular weight is 692 g/mol. The van der Waals surface area contributed by atoms with Gasteiger partial charge in [0.1, 0.15) is 23.9 Å². The number of alkyl carbamates (subject to hydrolysis) is 1. The molecule has 0 unspecified atom stereocenters. The van der Waals surface area contributed by atoms with Crippen molar-refractivity contribution in [1.29, 1.82) is 0 Å². The lowest BCUT2D eigenvalue weighted by molar-refractivity contribution is -0.125. The number of nitrogens with zero attached hydrogens (tertiary/aromatic N) is 3. The van der Waals surface area contributed by atoms with Crippen molar-refractivity contribution in [3.63, 3.8) is 0 Å². The van der Waals surface area contributed by atoms with Gasteiger partial charge in [0, 0.05) is 24.7 Å². The Morgan fingerprint density at radius 2 is 1.80 bits per heavy atom. The van der Waals surface area contributed by atoms with E-state index in [9.17, 15) is 24.0 Å². The summed E-state index contributed by atoms with van der Waals surface area (Å²) in [5.74, 6) is -0.441. The van der Waals surface area contributed by atoms with Crippen LogP contribution in [0, 0.1) is 5.92 Å². The lowest BCUT2D eigenvalue weighted by Gasteiger charge is -2.22. The van der Waals surface area contributed by atoms with Gasteiger partial charge >= 0.3 is 12.2 Å². The molecule has 1 aromatic carbocycles. The number of aliphatic hydroxyl groups is 1. The number of hydrogen-bond acceptors (Lipinski definition) is 8. The predicted octanol–water partition coefficient (Wildman–Crippen LogP) is 4.82. The van der Waals surface area contributed by atoms with Crippen molar-refractivity contribution in [2.45, 2.75) is 84.9 Å². The number of ether oxygens (including phenoxy) is 2. The molecule has 3 aromatic rings. The number of aromatic nitrogens is 2. The van der Waals surface area contributed by atoms with Gasteiger partial charge in [-0.2, -0.15) is 0 Å². The lowest BCUT2D eigenvalue weighted by atomic mass is 10.0. The molecule has 270 valence electrons. The molecule has 4 rings (SSSR count). The van der Waals surface area contributed by atoms with Crippen molar-refractivity contribution in [2.75, 3.05) is 31.6 Å². The lowest BCUT2D eigenvalue weighted by Crippen LogP contribution is -2.45. The van der Waals surface area contributed by atoms with Gasteiger partial charge in [0.05, 0.1) is 24.4 Å². The zero-order valence-corrected chi connectivity index (χ0v) is 29.6. The molecule has 0 aliphatic carbocycles. The highest BCUT2D eigenvalue weighted by Crippen LogP contribution is 2.27. The minimum absolute atomic E-state index is 0.00257. The van der Waals surface area contributed by atoms with Gasteiger partial charge in [-0.05, 0) is 88.6 Å². The average Bonchev–Trinajstić information content (AvgIpc) is 3.71. The maximum absolute atomic E-state index is 13.7. The Balaban J connectivity index is 1.58. The Hall–Kier alpha value is -4.91. The highest BCUT2D eigenvalue weighted by atomic mass is 16.6. The van der Waals surface area contributed by atoms with Crippen LogP contribution in [0.1, 0.15) is 71.6 Å². The summed E-state index contributed by atoms with van der Waals surface area (Å²) in [6, 6.07) is 9.65. The van der Waals surface area contributed by atoms with Crippen LogP contribution in [0.3, 0.4) is 0 Å². The van der Waals surface area contributed by atoms with Gasteiger partial charge in [-0.25, -0.2) is 14.2 Å². The van der Waals surface area contributed by atoms with E-state index < -0.39 is 35.3 Å². The molecule has 0 spiro atoms. The SMILES string of the molecule is CC(C)Cc1cccc2cc(Cn3cccc(NC(=O)[C@H](CC/C=C/C(=O)N4CCCC4)NC(=O)OCCO)c3=O)n(C(=O)OC(C)(C)C)c12. The van der Waals surface area contributed by atoms with E-state index in [0.29, 0.717) is 24.7 Å². The molecule has 2 aromatic heterocycles. The number of likely N-dealkylation sites (tertiary alicyclic amines) is 1. The van der Waals surface area contributed by atoms with Crippen LogP contribution in [0.15, 0.2) is 59.5 Å². The third-order valence-electron chi connectivity index (χ3n) is 8.03. The Bertz CT molecular complexity index is 1760. The molecule has 13 nitrogen and oxygen atoms in total. The van der Waals surface area contributed by atoms with E-state index >= 15 is 0 Å². The molecule has 1 saturated heterocycles. The monoisotopic (exact) mass is 691 g/mol. The number of amides is 3. The van der Waals surface area contributed by atoms with Gasteiger partial charge in [0.25, 0.3) is 5.56 Å². The molecule has 1 aliphatic heterocycles. The number of nitrogens with one attached hydrogen (secondary N) is 2. The summed E-state index contributed by atoms with van der Waals surface area (Å²) in [5, 5.41) is 15.0. The Morgan fingerprint density at radius 1 is 1.06 bits per heavy atom. The maximum Gasteiger partial charge on any atom is 0.419 e. The van der Waals surface area contributed by atoms with E-state index in [2.05, 4.69) is 24.5 Å². The summed E-state index contributed by atoms with van der Waals surface area (Å²) in [6.45, 7) is 10.4. The number of benzene rings is 1. The first kappa shape index (κ1) is 37.9. The van der Waals surface area contributed by atoms with E-state index in [1.165, 1.54) is 21.3 Å². The number of aliphatic hydroxyl groups excluding tert-OH is 1. The Morgan fingerprint density at radius 3 is 2.48 bits per heavy atom. The van der Waals surface area contributed by atoms with Crippen LogP contribution in [0.25, 0.3) is 10.9 Å². The number of fused-ring (bicyclic) bond motifs is 1. The van der Waals surface area contributed by atoms with Crippen LogP contribution in [0.4, 0.5) is 15.3 Å². The fourth-order valence-corrected chi connectivity index (χ4v) is 5.86. The first-order valence-corrected chi connectivity index (χ1v) is 17.1. The number of para-hydroxylation sites is 1. The molecule has 0 saturated carbocycles. The zero-order valence-electron chi connectivity index (χ0n) is 29.6. The second-order valence-electron chi connectivity index (χ2n) is 13.8. The first-order chi connectivity index (χ1) is 23.8. The van der Waals surface area contributed by atoms with Crippen LogP contribution in [-0.4, -0.2) is 81.1 Å². The summed E-state index contributed by atoms with van der Waals surface area (Å²) in [7, 11) is 0. The largest absolute Gasteiger partial charge is 0.447 e. The molecule has 0 bridgehead atoms. The number of anilines is 1. The van der Waals surface area contributed by atoms with Crippen LogP contribution >= 0.6 is 0 Å². The molecule has 1 atom stereocenters. The van der Waals surface area contributed by atoms with E-state index in [-0.39, 0.29) is 44.2 Å². The topological polar surface area (TPSA) is 161 Å². The van der Waals surface area contributed by atoms with E-state index in [0.717, 1.165) is 35.7 Å². The molecule has 50 heavy (non-hydrogen) atoms. The summed E-state index contributed by atoms with van der Waals surface area (Å²) < 4.78 is 13.6. The molecular formula is C37H49N5O8. The predicted molar refractivity (Wildman–Crippen MR) is 190 cm³/mol. The van der Waals surface area contributed by atoms with Crippen LogP contribution in [-0.2, 0) is 32.0 Å². The van der Waals surface area contributed by atoms with Crippen molar-refractivity contribution in [3.8, 4) is 0 Å². The second kappa shape index (κ2) is 17.1. The maximum atomic E-state index is 13.7. The van der Waals surface area contributed by atoms with Gasteiger partial charge < -0.3 is 34.7 Å². The number of pyridine rings is 1. The van der Waals surface area contributed by atoms with E-state index in [1.807, 2.05) is 24.3 Å². The minimum atomic E-state index is -1.12. The number of allylic oxidation sites excluding steroid dienone is 1. The zero-order chi connectivity index (χ0) is 36.4. The summed E-state index contributed by atoms with van der Waals surface area (Å²) in [6.07, 6.45) is 6.26. The van der Waals surface area contributed by atoms with Crippen LogP contribution in [0.5, 0.6) is 0 Å². The Kier molecular flexibility index (Phi) is 13.0. The minimum Gasteiger partial charge on any atom is -0.447 e. The van der Waals surface area contributed by atoms with Gasteiger partial charge in [-0.1, -0.05) is 38.1 Å². The molecule has 0 radical (unpaired) electrons. The molecule has 3 N–H and O–H groups in total. The van der Waals surface area contributed by atoms with E-state index in [1.54, 1.807) is 44.0 Å². The third-order valence-corrected chi connectivity index (χ3v) is 8.03. The standard InChI is InChI=1S/C37H49N5O8/c1-25(2)22-26-12-10-13-27-23-28(42(32(26)27)36(48)50-37(3,4)5)24-41-19-11-15-30(34(41)46)38-33(45)29(39-35(47)49-21-20-43)14-6-7-16-31(44)40-17-8-9-18-40/h7,10-13,15-16,19,23,25,29,43H,6,8-9,14,17-18,20-22,24H2,1-5H3,(H,38,45)(H,39,47)/b16-7+/t29-/m0/s1. The molecule has 3 amide bonds. The van der Waals surface area contributed by atoms with Crippen molar-refractivity contribution in [3.05, 3.63) is 76.4 Å². The van der Waals surface area contributed by atoms with Gasteiger partial charge in [-0.15, -0.1) is 0 Å². The molecule has 13 heteroatoms. The van der Waals surface area contributed by atoms with Gasteiger partial charge in [-0.3, -0.25) is 14.4 Å². The molecular weight excluding hydrogens is 642 g/mol. The fourth-order valence-electron chi connectivity index (χ4n) is 5.86. The second-order valence-corrected chi connectivity index (χ2v) is 13.8. The van der Waals surface area contributed by atoms with Crippen LogP contribution < -0.4 is 16.2 Å². The van der Waals surface area contributed by atoms with E-state index in [4.69, 9.17) is 14.6 Å². The van der Waals surface area contributed by atoms with Crippen LogP contribution in [0.2, 0.25) is 0 Å². The van der Waals surface area contributed by atoms with Crippen molar-refractivity contribution in [2.24, 2.45) is 5.92 Å². The quantitative estimate of drug-likeness (QED) is 0.215. The summed E-state index contributed by atoms with van der Waals surface area (Å²) >= 11 is 0. The molecule has 3 heterocycles. The smallest absolute Gasteiger partial charge is 0.419 e. The van der Waals surface area contributed by atoms with Gasteiger partial charge in [0.2, 0.25) is 11.8 Å². The first-order valence-electron chi connectivity index (χ1n) is 17.1. The number of carbonyl (C=O) groups excluding carboxylic acids is 4.